The first-order valence-electron chi connectivity index (χ1n) is 5.21. The lowest BCUT2D eigenvalue weighted by molar-refractivity contribution is 0.630. The van der Waals surface area contributed by atoms with E-state index < -0.39 is 0 Å². The Hall–Kier alpha value is -2.14. The molecule has 3 rings (SSSR count). The van der Waals surface area contributed by atoms with Crippen molar-refractivity contribution >= 4 is 22.9 Å². The molecule has 6 heteroatoms. The fourth-order valence-corrected chi connectivity index (χ4v) is 1.82. The van der Waals surface area contributed by atoms with Gasteiger partial charge in [0.1, 0.15) is 5.82 Å². The molecular weight excluding hydrogens is 255 g/mol. The maximum absolute atomic E-state index is 13.6. The van der Waals surface area contributed by atoms with E-state index in [1.54, 1.807) is 30.5 Å². The molecule has 0 bridgehead atoms. The van der Waals surface area contributed by atoms with Crippen LogP contribution in [0.25, 0.3) is 17.0 Å². The highest BCUT2D eigenvalue weighted by Gasteiger charge is 2.11. The number of nitrogens with zero attached hydrogens (tertiary/aromatic N) is 3. The van der Waals surface area contributed by atoms with E-state index in [-0.39, 0.29) is 5.82 Å². The van der Waals surface area contributed by atoms with Crippen molar-refractivity contribution in [1.29, 1.82) is 0 Å². The molecule has 0 saturated heterocycles. The van der Waals surface area contributed by atoms with Crippen LogP contribution in [0.5, 0.6) is 0 Å². The number of nitrogens with two attached hydrogens (primary N) is 1. The molecule has 0 amide bonds. The lowest BCUT2D eigenvalue weighted by atomic mass is 10.2. The second-order valence-corrected chi connectivity index (χ2v) is 4.20. The quantitative estimate of drug-likeness (QED) is 0.734. The summed E-state index contributed by atoms with van der Waals surface area (Å²) in [5, 5.41) is 4.57. The van der Waals surface area contributed by atoms with Gasteiger partial charge in [-0.05, 0) is 12.1 Å². The first-order valence-corrected chi connectivity index (χ1v) is 5.59. The van der Waals surface area contributed by atoms with Crippen molar-refractivity contribution in [2.45, 2.75) is 0 Å². The van der Waals surface area contributed by atoms with Crippen molar-refractivity contribution in [3.05, 3.63) is 47.4 Å². The van der Waals surface area contributed by atoms with Crippen molar-refractivity contribution < 1.29 is 4.39 Å². The highest BCUT2D eigenvalue weighted by Crippen LogP contribution is 2.23. The van der Waals surface area contributed by atoms with Crippen LogP contribution in [0, 0.1) is 5.82 Å². The SMILES string of the molecule is Nc1cn2nc(-c3ccccc3F)nc2cc1Cl. The Labute approximate surface area is 107 Å². The Morgan fingerprint density at radius 1 is 1.28 bits per heavy atom. The molecule has 0 aliphatic rings. The van der Waals surface area contributed by atoms with Crippen molar-refractivity contribution in [1.82, 2.24) is 14.6 Å². The molecule has 0 aliphatic heterocycles. The molecule has 4 nitrogen and oxygen atoms in total. The van der Waals surface area contributed by atoms with Gasteiger partial charge in [-0.1, -0.05) is 23.7 Å². The Morgan fingerprint density at radius 2 is 2.06 bits per heavy atom. The number of pyridine rings is 1. The highest BCUT2D eigenvalue weighted by atomic mass is 35.5. The summed E-state index contributed by atoms with van der Waals surface area (Å²) in [7, 11) is 0. The van der Waals surface area contributed by atoms with Crippen LogP contribution in [0.3, 0.4) is 0 Å². The van der Waals surface area contributed by atoms with Crippen LogP contribution < -0.4 is 5.73 Å². The molecule has 90 valence electrons. The summed E-state index contributed by atoms with van der Waals surface area (Å²) in [5.41, 5.74) is 6.93. The van der Waals surface area contributed by atoms with Gasteiger partial charge in [0.2, 0.25) is 0 Å². The van der Waals surface area contributed by atoms with Crippen LogP contribution in [0.1, 0.15) is 0 Å². The van der Waals surface area contributed by atoms with Crippen LogP contribution in [-0.4, -0.2) is 14.6 Å². The number of rotatable bonds is 1. The predicted molar refractivity (Wildman–Crippen MR) is 67.8 cm³/mol. The fourth-order valence-electron chi connectivity index (χ4n) is 1.68. The van der Waals surface area contributed by atoms with Gasteiger partial charge in [-0.15, -0.1) is 5.10 Å². The number of hydrogen-bond acceptors (Lipinski definition) is 3. The zero-order chi connectivity index (χ0) is 12.7. The van der Waals surface area contributed by atoms with E-state index in [0.29, 0.717) is 27.7 Å². The molecule has 0 atom stereocenters. The van der Waals surface area contributed by atoms with E-state index in [0.717, 1.165) is 0 Å². The summed E-state index contributed by atoms with van der Waals surface area (Å²) in [6.45, 7) is 0. The Kier molecular flexibility index (Phi) is 2.41. The van der Waals surface area contributed by atoms with Crippen molar-refractivity contribution in [2.24, 2.45) is 0 Å². The summed E-state index contributed by atoms with van der Waals surface area (Å²) in [6, 6.07) is 7.92. The highest BCUT2D eigenvalue weighted by molar-refractivity contribution is 6.33. The summed E-state index contributed by atoms with van der Waals surface area (Å²) >= 11 is 5.89. The van der Waals surface area contributed by atoms with Crippen molar-refractivity contribution in [3.63, 3.8) is 0 Å². The molecule has 18 heavy (non-hydrogen) atoms. The lowest BCUT2D eigenvalue weighted by Gasteiger charge is -1.96. The third-order valence-corrected chi connectivity index (χ3v) is 2.89. The zero-order valence-electron chi connectivity index (χ0n) is 9.14. The minimum atomic E-state index is -0.368. The van der Waals surface area contributed by atoms with Crippen LogP contribution in [0.2, 0.25) is 5.02 Å². The maximum Gasteiger partial charge on any atom is 0.185 e. The minimum absolute atomic E-state index is 0.301. The standard InChI is InChI=1S/C12H8ClFN4/c13-8-5-11-16-12(17-18(11)6-10(8)15)7-3-1-2-4-9(7)14/h1-6H,15H2. The average Bonchev–Trinajstić information content (AvgIpc) is 2.73. The number of benzene rings is 1. The van der Waals surface area contributed by atoms with Crippen LogP contribution in [-0.2, 0) is 0 Å². The first kappa shape index (κ1) is 11.0. The third kappa shape index (κ3) is 1.69. The topological polar surface area (TPSA) is 56.2 Å². The van der Waals surface area contributed by atoms with Gasteiger partial charge in [0.25, 0.3) is 0 Å². The molecular formula is C12H8ClFN4. The second kappa shape index (κ2) is 3.96. The smallest absolute Gasteiger partial charge is 0.185 e. The summed E-state index contributed by atoms with van der Waals surface area (Å²) < 4.78 is 15.1. The van der Waals surface area contributed by atoms with Gasteiger partial charge in [0.15, 0.2) is 11.5 Å². The number of aromatic nitrogens is 3. The first-order chi connectivity index (χ1) is 8.65. The maximum atomic E-state index is 13.6. The number of anilines is 1. The fraction of sp³-hybridized carbons (Fsp3) is 0. The predicted octanol–water partition coefficient (Wildman–Crippen LogP) is 2.77. The zero-order valence-corrected chi connectivity index (χ0v) is 9.89. The van der Waals surface area contributed by atoms with Crippen molar-refractivity contribution in [3.8, 4) is 11.4 Å². The van der Waals surface area contributed by atoms with E-state index in [1.807, 2.05) is 0 Å². The number of fused-ring (bicyclic) bond motifs is 1. The van der Waals surface area contributed by atoms with Crippen LogP contribution in [0.15, 0.2) is 36.5 Å². The van der Waals surface area contributed by atoms with Gasteiger partial charge in [-0.25, -0.2) is 13.9 Å². The molecule has 2 N–H and O–H groups in total. The largest absolute Gasteiger partial charge is 0.396 e. The Bertz CT molecular complexity index is 699. The number of hydrogen-bond donors (Lipinski definition) is 1. The molecule has 1 aromatic carbocycles. The molecule has 0 unspecified atom stereocenters. The molecule has 2 aromatic heterocycles. The summed E-state index contributed by atoms with van der Waals surface area (Å²) in [6.07, 6.45) is 1.55. The normalized spacial score (nSPS) is 11.0. The summed E-state index contributed by atoms with van der Waals surface area (Å²) in [5.74, 6) is -0.0674. The molecule has 0 saturated carbocycles. The minimum Gasteiger partial charge on any atom is -0.396 e. The molecule has 0 fully saturated rings. The Balaban J connectivity index is 2.23. The van der Waals surface area contributed by atoms with Gasteiger partial charge in [0.05, 0.1) is 22.5 Å². The monoisotopic (exact) mass is 262 g/mol. The van der Waals surface area contributed by atoms with Gasteiger partial charge < -0.3 is 5.73 Å². The Morgan fingerprint density at radius 3 is 2.83 bits per heavy atom. The van der Waals surface area contributed by atoms with Gasteiger partial charge in [-0.2, -0.15) is 0 Å². The lowest BCUT2D eigenvalue weighted by Crippen LogP contribution is -1.93. The van der Waals surface area contributed by atoms with Gasteiger partial charge in [-0.3, -0.25) is 0 Å². The van der Waals surface area contributed by atoms with E-state index in [1.165, 1.54) is 10.6 Å². The third-order valence-electron chi connectivity index (χ3n) is 2.57. The van der Waals surface area contributed by atoms with Crippen LogP contribution in [0.4, 0.5) is 10.1 Å². The van der Waals surface area contributed by atoms with E-state index in [4.69, 9.17) is 17.3 Å². The van der Waals surface area contributed by atoms with E-state index >= 15 is 0 Å². The summed E-state index contributed by atoms with van der Waals surface area (Å²) in [4.78, 5) is 4.22. The van der Waals surface area contributed by atoms with Gasteiger partial charge in [0, 0.05) is 6.07 Å². The molecule has 0 aliphatic carbocycles. The molecule has 3 aromatic rings. The van der Waals surface area contributed by atoms with Crippen LogP contribution >= 0.6 is 11.6 Å². The molecule has 0 spiro atoms. The molecule has 0 radical (unpaired) electrons. The van der Waals surface area contributed by atoms with E-state index in [2.05, 4.69) is 10.1 Å². The average molecular weight is 263 g/mol. The van der Waals surface area contributed by atoms with Crippen molar-refractivity contribution in [2.75, 3.05) is 5.73 Å². The number of nitrogen functional groups attached to an aromatic ring is 1. The number of halogens is 2. The molecule has 2 heterocycles. The van der Waals surface area contributed by atoms with E-state index in [9.17, 15) is 4.39 Å². The van der Waals surface area contributed by atoms with Gasteiger partial charge >= 0.3 is 0 Å². The second-order valence-electron chi connectivity index (χ2n) is 3.79.